The van der Waals surface area contributed by atoms with E-state index >= 15 is 0 Å². The molecule has 1 aliphatic rings. The third-order valence-corrected chi connectivity index (χ3v) is 4.19. The van der Waals surface area contributed by atoms with Crippen LogP contribution in [0.1, 0.15) is 17.7 Å². The van der Waals surface area contributed by atoms with Crippen molar-refractivity contribution in [2.24, 2.45) is 5.92 Å². The quantitative estimate of drug-likeness (QED) is 0.882. The second-order valence-corrected chi connectivity index (χ2v) is 5.91. The van der Waals surface area contributed by atoms with Gasteiger partial charge in [-0.2, -0.15) is 0 Å². The van der Waals surface area contributed by atoms with Crippen LogP contribution in [0.3, 0.4) is 0 Å². The van der Waals surface area contributed by atoms with Crippen LogP contribution in [0.5, 0.6) is 0 Å². The highest BCUT2D eigenvalue weighted by molar-refractivity contribution is 5.89. The van der Waals surface area contributed by atoms with Gasteiger partial charge in [0.15, 0.2) is 0 Å². The highest BCUT2D eigenvalue weighted by Crippen LogP contribution is 2.19. The molecule has 2 amide bonds. The summed E-state index contributed by atoms with van der Waals surface area (Å²) < 4.78 is 18.1. The molecule has 0 spiro atoms. The van der Waals surface area contributed by atoms with E-state index in [0.29, 0.717) is 31.8 Å². The highest BCUT2D eigenvalue weighted by atomic mass is 19.1. The van der Waals surface area contributed by atoms with Crippen molar-refractivity contribution in [1.29, 1.82) is 0 Å². The zero-order chi connectivity index (χ0) is 16.9. The van der Waals surface area contributed by atoms with Gasteiger partial charge in [0.05, 0.1) is 18.7 Å². The largest absolute Gasteiger partial charge is 0.467 e. The minimum atomic E-state index is -0.333. The third kappa shape index (κ3) is 4.01. The van der Waals surface area contributed by atoms with Crippen molar-refractivity contribution in [3.05, 3.63) is 59.8 Å². The first kappa shape index (κ1) is 16.2. The molecule has 1 aliphatic heterocycles. The summed E-state index contributed by atoms with van der Waals surface area (Å²) in [4.78, 5) is 25.9. The van der Waals surface area contributed by atoms with Gasteiger partial charge < -0.3 is 14.6 Å². The number of furan rings is 1. The first-order valence-corrected chi connectivity index (χ1v) is 7.94. The van der Waals surface area contributed by atoms with Crippen LogP contribution in [0.2, 0.25) is 0 Å². The number of nitrogens with zero attached hydrogens (tertiary/aromatic N) is 1. The minimum absolute atomic E-state index is 0.0183. The smallest absolute Gasteiger partial charge is 0.225 e. The Morgan fingerprint density at radius 1 is 1.29 bits per heavy atom. The van der Waals surface area contributed by atoms with Gasteiger partial charge in [-0.25, -0.2) is 4.39 Å². The summed E-state index contributed by atoms with van der Waals surface area (Å²) in [7, 11) is 0. The Hall–Kier alpha value is -2.63. The van der Waals surface area contributed by atoms with Crippen molar-refractivity contribution in [2.45, 2.75) is 19.4 Å². The number of rotatable bonds is 6. The maximum Gasteiger partial charge on any atom is 0.225 e. The summed E-state index contributed by atoms with van der Waals surface area (Å²) in [5.41, 5.74) is 0.968. The standard InChI is InChI=1S/C18H19FN2O3/c19-15-5-3-13(4-6-15)7-8-21-12-14(10-17(21)22)18(23)20-11-16-2-1-9-24-16/h1-6,9,14H,7-8,10-12H2,(H,20,23)/t14-/m1/s1. The van der Waals surface area contributed by atoms with Crippen molar-refractivity contribution in [2.75, 3.05) is 13.1 Å². The van der Waals surface area contributed by atoms with Crippen LogP contribution in [0, 0.1) is 11.7 Å². The van der Waals surface area contributed by atoms with Gasteiger partial charge in [0.25, 0.3) is 0 Å². The van der Waals surface area contributed by atoms with Crippen LogP contribution in [0.4, 0.5) is 4.39 Å². The Morgan fingerprint density at radius 2 is 2.08 bits per heavy atom. The van der Waals surface area contributed by atoms with E-state index in [-0.39, 0.29) is 30.0 Å². The van der Waals surface area contributed by atoms with E-state index in [9.17, 15) is 14.0 Å². The van der Waals surface area contributed by atoms with Crippen LogP contribution in [0.15, 0.2) is 47.1 Å². The van der Waals surface area contributed by atoms with E-state index in [0.717, 1.165) is 5.56 Å². The monoisotopic (exact) mass is 330 g/mol. The summed E-state index contributed by atoms with van der Waals surface area (Å²) in [6.45, 7) is 1.28. The Bertz CT molecular complexity index is 698. The topological polar surface area (TPSA) is 62.6 Å². The number of hydrogen-bond donors (Lipinski definition) is 1. The van der Waals surface area contributed by atoms with Crippen molar-refractivity contribution in [3.63, 3.8) is 0 Å². The van der Waals surface area contributed by atoms with E-state index in [4.69, 9.17) is 4.42 Å². The molecule has 1 atom stereocenters. The van der Waals surface area contributed by atoms with Gasteiger partial charge in [-0.05, 0) is 36.2 Å². The highest BCUT2D eigenvalue weighted by Gasteiger charge is 2.33. The summed E-state index contributed by atoms with van der Waals surface area (Å²) in [6.07, 6.45) is 2.43. The second kappa shape index (κ2) is 7.29. The maximum atomic E-state index is 12.9. The number of halogens is 1. The fraction of sp³-hybridized carbons (Fsp3) is 0.333. The number of carbonyl (C=O) groups excluding carboxylic acids is 2. The van der Waals surface area contributed by atoms with E-state index in [1.807, 2.05) is 0 Å². The summed E-state index contributed by atoms with van der Waals surface area (Å²) >= 11 is 0. The molecule has 126 valence electrons. The Kier molecular flexibility index (Phi) is 4.93. The first-order valence-electron chi connectivity index (χ1n) is 7.94. The van der Waals surface area contributed by atoms with Crippen molar-refractivity contribution < 1.29 is 18.4 Å². The summed E-state index contributed by atoms with van der Waals surface area (Å²) in [6, 6.07) is 9.79. The van der Waals surface area contributed by atoms with Crippen LogP contribution >= 0.6 is 0 Å². The van der Waals surface area contributed by atoms with E-state index in [1.54, 1.807) is 35.4 Å². The zero-order valence-corrected chi connectivity index (χ0v) is 13.2. The van der Waals surface area contributed by atoms with E-state index in [1.165, 1.54) is 12.1 Å². The van der Waals surface area contributed by atoms with Gasteiger partial charge in [0.1, 0.15) is 11.6 Å². The van der Waals surface area contributed by atoms with Gasteiger partial charge in [-0.3, -0.25) is 9.59 Å². The predicted molar refractivity (Wildman–Crippen MR) is 85.3 cm³/mol. The average Bonchev–Trinajstić information content (AvgIpc) is 3.22. The number of nitrogens with one attached hydrogen (secondary N) is 1. The zero-order valence-electron chi connectivity index (χ0n) is 13.2. The molecule has 1 aromatic carbocycles. The normalized spacial score (nSPS) is 17.3. The fourth-order valence-electron chi connectivity index (χ4n) is 2.81. The molecule has 24 heavy (non-hydrogen) atoms. The number of likely N-dealkylation sites (tertiary alicyclic amines) is 1. The molecular weight excluding hydrogens is 311 g/mol. The van der Waals surface area contributed by atoms with Crippen LogP contribution in [0.25, 0.3) is 0 Å². The lowest BCUT2D eigenvalue weighted by Gasteiger charge is -2.16. The summed E-state index contributed by atoms with van der Waals surface area (Å²) in [5, 5.41) is 2.79. The average molecular weight is 330 g/mol. The van der Waals surface area contributed by atoms with Gasteiger partial charge in [0.2, 0.25) is 11.8 Å². The fourth-order valence-corrected chi connectivity index (χ4v) is 2.81. The molecule has 1 N–H and O–H groups in total. The molecule has 2 aromatic rings. The van der Waals surface area contributed by atoms with Crippen molar-refractivity contribution in [1.82, 2.24) is 10.2 Å². The minimum Gasteiger partial charge on any atom is -0.467 e. The van der Waals surface area contributed by atoms with Crippen LogP contribution in [-0.4, -0.2) is 29.8 Å². The Labute approximate surface area is 139 Å². The van der Waals surface area contributed by atoms with Crippen molar-refractivity contribution in [3.8, 4) is 0 Å². The maximum absolute atomic E-state index is 12.9. The number of hydrogen-bond acceptors (Lipinski definition) is 3. The molecular formula is C18H19FN2O3. The summed E-state index contributed by atoms with van der Waals surface area (Å²) in [5.74, 6) is -0.0786. The van der Waals surface area contributed by atoms with Gasteiger partial charge >= 0.3 is 0 Å². The molecule has 1 saturated heterocycles. The lowest BCUT2D eigenvalue weighted by molar-refractivity contribution is -0.129. The molecule has 0 unspecified atom stereocenters. The molecule has 6 heteroatoms. The number of amides is 2. The van der Waals surface area contributed by atoms with Crippen LogP contribution < -0.4 is 5.32 Å². The van der Waals surface area contributed by atoms with E-state index in [2.05, 4.69) is 5.32 Å². The lowest BCUT2D eigenvalue weighted by Crippen LogP contribution is -2.33. The number of carbonyl (C=O) groups is 2. The molecule has 1 fully saturated rings. The first-order chi connectivity index (χ1) is 11.6. The third-order valence-electron chi connectivity index (χ3n) is 4.19. The SMILES string of the molecule is O=C(NCc1ccco1)[C@@H]1CC(=O)N(CCc2ccc(F)cc2)C1. The van der Waals surface area contributed by atoms with Gasteiger partial charge in [0, 0.05) is 19.5 Å². The predicted octanol–water partition coefficient (Wildman–Crippen LogP) is 2.13. The van der Waals surface area contributed by atoms with Gasteiger partial charge in [-0.1, -0.05) is 12.1 Å². The molecule has 5 nitrogen and oxygen atoms in total. The Balaban J connectivity index is 1.47. The van der Waals surface area contributed by atoms with Crippen molar-refractivity contribution >= 4 is 11.8 Å². The van der Waals surface area contributed by atoms with Gasteiger partial charge in [-0.15, -0.1) is 0 Å². The van der Waals surface area contributed by atoms with Crippen LogP contribution in [-0.2, 0) is 22.6 Å². The molecule has 0 bridgehead atoms. The molecule has 0 radical (unpaired) electrons. The molecule has 3 rings (SSSR count). The molecule has 0 saturated carbocycles. The number of benzene rings is 1. The molecule has 0 aliphatic carbocycles. The molecule has 2 heterocycles. The van der Waals surface area contributed by atoms with E-state index < -0.39 is 0 Å². The lowest BCUT2D eigenvalue weighted by atomic mass is 10.1. The second-order valence-electron chi connectivity index (χ2n) is 5.91. The Morgan fingerprint density at radius 3 is 2.79 bits per heavy atom. The molecule has 1 aromatic heterocycles.